The number of carbonyl (C=O) groups excluding carboxylic acids is 1. The van der Waals surface area contributed by atoms with Gasteiger partial charge >= 0.3 is 0 Å². The molecule has 0 atom stereocenters. The molecule has 6 heteroatoms. The van der Waals surface area contributed by atoms with Crippen LogP contribution in [0.4, 0.5) is 5.69 Å². The number of amides is 1. The molecule has 5 nitrogen and oxygen atoms in total. The lowest BCUT2D eigenvalue weighted by molar-refractivity contribution is -0.118. The molecule has 1 N–H and O–H groups in total. The SMILES string of the molecule is CC(C)C(=O)Nc1ccc(S(=O)(=O)N(C)Cc2ccccc2)cc1. The van der Waals surface area contributed by atoms with E-state index in [4.69, 9.17) is 0 Å². The van der Waals surface area contributed by atoms with Crippen molar-refractivity contribution in [1.82, 2.24) is 4.31 Å². The summed E-state index contributed by atoms with van der Waals surface area (Å²) < 4.78 is 26.5. The van der Waals surface area contributed by atoms with Crippen LogP contribution < -0.4 is 5.32 Å². The van der Waals surface area contributed by atoms with E-state index in [1.54, 1.807) is 33.0 Å². The third-order valence-electron chi connectivity index (χ3n) is 3.60. The highest BCUT2D eigenvalue weighted by molar-refractivity contribution is 7.89. The molecule has 0 saturated carbocycles. The Morgan fingerprint density at radius 1 is 1.04 bits per heavy atom. The van der Waals surface area contributed by atoms with Crippen LogP contribution in [0.3, 0.4) is 0 Å². The van der Waals surface area contributed by atoms with E-state index in [1.807, 2.05) is 30.3 Å². The first-order chi connectivity index (χ1) is 11.3. The van der Waals surface area contributed by atoms with Gasteiger partial charge in [0, 0.05) is 25.2 Å². The maximum Gasteiger partial charge on any atom is 0.243 e. The van der Waals surface area contributed by atoms with Gasteiger partial charge in [-0.1, -0.05) is 44.2 Å². The molecule has 128 valence electrons. The molecule has 1 amide bonds. The van der Waals surface area contributed by atoms with Gasteiger partial charge in [-0.3, -0.25) is 4.79 Å². The van der Waals surface area contributed by atoms with Gasteiger partial charge in [-0.05, 0) is 29.8 Å². The molecular formula is C18H22N2O3S. The van der Waals surface area contributed by atoms with Crippen LogP contribution in [-0.4, -0.2) is 25.7 Å². The van der Waals surface area contributed by atoms with E-state index in [9.17, 15) is 13.2 Å². The normalized spacial score (nSPS) is 11.7. The van der Waals surface area contributed by atoms with Gasteiger partial charge in [0.25, 0.3) is 0 Å². The first kappa shape index (κ1) is 18.2. The van der Waals surface area contributed by atoms with Crippen LogP contribution in [0.15, 0.2) is 59.5 Å². The Balaban J connectivity index is 2.13. The van der Waals surface area contributed by atoms with Gasteiger partial charge in [0.05, 0.1) is 4.90 Å². The summed E-state index contributed by atoms with van der Waals surface area (Å²) in [6, 6.07) is 15.6. The van der Waals surface area contributed by atoms with Crippen LogP contribution in [0.2, 0.25) is 0 Å². The lowest BCUT2D eigenvalue weighted by Gasteiger charge is -2.17. The lowest BCUT2D eigenvalue weighted by atomic mass is 10.2. The molecule has 2 aromatic carbocycles. The zero-order valence-electron chi connectivity index (χ0n) is 14.1. The Hall–Kier alpha value is -2.18. The summed E-state index contributed by atoms with van der Waals surface area (Å²) in [5, 5.41) is 2.74. The monoisotopic (exact) mass is 346 g/mol. The van der Waals surface area contributed by atoms with Crippen molar-refractivity contribution in [2.45, 2.75) is 25.3 Å². The molecule has 0 aliphatic rings. The molecule has 0 aromatic heterocycles. The molecule has 24 heavy (non-hydrogen) atoms. The molecule has 0 aliphatic carbocycles. The van der Waals surface area contributed by atoms with Crippen LogP contribution in [0.25, 0.3) is 0 Å². The Morgan fingerprint density at radius 2 is 1.62 bits per heavy atom. The van der Waals surface area contributed by atoms with E-state index in [0.29, 0.717) is 12.2 Å². The minimum Gasteiger partial charge on any atom is -0.326 e. The zero-order valence-corrected chi connectivity index (χ0v) is 14.9. The highest BCUT2D eigenvalue weighted by Crippen LogP contribution is 2.19. The maximum absolute atomic E-state index is 12.6. The van der Waals surface area contributed by atoms with Crippen LogP contribution in [0, 0.1) is 5.92 Å². The number of hydrogen-bond acceptors (Lipinski definition) is 3. The van der Waals surface area contributed by atoms with Gasteiger partial charge in [0.2, 0.25) is 15.9 Å². The number of nitrogens with zero attached hydrogens (tertiary/aromatic N) is 1. The first-order valence-corrected chi connectivity index (χ1v) is 9.16. The summed E-state index contributed by atoms with van der Waals surface area (Å²) >= 11 is 0. The van der Waals surface area contributed by atoms with E-state index >= 15 is 0 Å². The van der Waals surface area contributed by atoms with Crippen molar-refractivity contribution in [3.05, 3.63) is 60.2 Å². The number of hydrogen-bond donors (Lipinski definition) is 1. The molecule has 0 radical (unpaired) electrons. The van der Waals surface area contributed by atoms with Crippen LogP contribution >= 0.6 is 0 Å². The molecule has 0 heterocycles. The van der Waals surface area contributed by atoms with Crippen molar-refractivity contribution in [2.75, 3.05) is 12.4 Å². The summed E-state index contributed by atoms with van der Waals surface area (Å²) in [4.78, 5) is 11.9. The van der Waals surface area contributed by atoms with Crippen molar-refractivity contribution in [2.24, 2.45) is 5.92 Å². The Kier molecular flexibility index (Phi) is 5.75. The van der Waals surface area contributed by atoms with Crippen molar-refractivity contribution < 1.29 is 13.2 Å². The molecule has 2 rings (SSSR count). The lowest BCUT2D eigenvalue weighted by Crippen LogP contribution is -2.26. The Bertz CT molecular complexity index is 785. The van der Waals surface area contributed by atoms with E-state index in [1.165, 1.54) is 16.4 Å². The predicted octanol–water partition coefficient (Wildman–Crippen LogP) is 3.10. The second-order valence-electron chi connectivity index (χ2n) is 5.92. The summed E-state index contributed by atoms with van der Waals surface area (Å²) in [7, 11) is -2.03. The average Bonchev–Trinajstić information content (AvgIpc) is 2.56. The fourth-order valence-electron chi connectivity index (χ4n) is 2.10. The smallest absolute Gasteiger partial charge is 0.243 e. The number of anilines is 1. The van der Waals surface area contributed by atoms with Crippen LogP contribution in [0.5, 0.6) is 0 Å². The molecule has 0 saturated heterocycles. The van der Waals surface area contributed by atoms with E-state index in [2.05, 4.69) is 5.32 Å². The fraction of sp³-hybridized carbons (Fsp3) is 0.278. The number of benzene rings is 2. The number of rotatable bonds is 6. The number of carbonyl (C=O) groups is 1. The van der Waals surface area contributed by atoms with E-state index < -0.39 is 10.0 Å². The van der Waals surface area contributed by atoms with Gasteiger partial charge in [0.15, 0.2) is 0 Å². The van der Waals surface area contributed by atoms with Gasteiger partial charge in [-0.25, -0.2) is 8.42 Å². The van der Waals surface area contributed by atoms with Crippen LogP contribution in [-0.2, 0) is 21.4 Å². The van der Waals surface area contributed by atoms with Crippen molar-refractivity contribution in [3.63, 3.8) is 0 Å². The minimum atomic E-state index is -3.58. The molecular weight excluding hydrogens is 324 g/mol. The van der Waals surface area contributed by atoms with Gasteiger partial charge in [0.1, 0.15) is 0 Å². The second kappa shape index (κ2) is 7.59. The van der Waals surface area contributed by atoms with Gasteiger partial charge in [-0.15, -0.1) is 0 Å². The molecule has 0 aliphatic heterocycles. The molecule has 0 unspecified atom stereocenters. The van der Waals surface area contributed by atoms with Crippen molar-refractivity contribution in [3.8, 4) is 0 Å². The fourth-order valence-corrected chi connectivity index (χ4v) is 3.26. The topological polar surface area (TPSA) is 66.5 Å². The largest absolute Gasteiger partial charge is 0.326 e. The average molecular weight is 346 g/mol. The third-order valence-corrected chi connectivity index (χ3v) is 5.42. The maximum atomic E-state index is 12.6. The molecule has 0 bridgehead atoms. The minimum absolute atomic E-state index is 0.105. The summed E-state index contributed by atoms with van der Waals surface area (Å²) in [5.41, 5.74) is 1.50. The highest BCUT2D eigenvalue weighted by Gasteiger charge is 2.21. The number of nitrogens with one attached hydrogen (secondary N) is 1. The van der Waals surface area contributed by atoms with E-state index in [-0.39, 0.29) is 16.7 Å². The number of sulfonamides is 1. The van der Waals surface area contributed by atoms with Crippen LogP contribution in [0.1, 0.15) is 19.4 Å². The summed E-state index contributed by atoms with van der Waals surface area (Å²) in [6.45, 7) is 3.90. The molecule has 2 aromatic rings. The second-order valence-corrected chi connectivity index (χ2v) is 7.96. The summed E-state index contributed by atoms with van der Waals surface area (Å²) in [6.07, 6.45) is 0. The van der Waals surface area contributed by atoms with E-state index in [0.717, 1.165) is 5.56 Å². The van der Waals surface area contributed by atoms with Gasteiger partial charge in [-0.2, -0.15) is 4.31 Å². The standard InChI is InChI=1S/C18H22N2O3S/c1-14(2)18(21)19-16-9-11-17(12-10-16)24(22,23)20(3)13-15-7-5-4-6-8-15/h4-12,14H,13H2,1-3H3,(H,19,21). The predicted molar refractivity (Wildman–Crippen MR) is 95.0 cm³/mol. The van der Waals surface area contributed by atoms with Crippen molar-refractivity contribution in [1.29, 1.82) is 0 Å². The Morgan fingerprint density at radius 3 is 2.17 bits per heavy atom. The highest BCUT2D eigenvalue weighted by atomic mass is 32.2. The summed E-state index contributed by atoms with van der Waals surface area (Å²) in [5.74, 6) is -0.239. The molecule has 0 spiro atoms. The first-order valence-electron chi connectivity index (χ1n) is 7.72. The molecule has 0 fully saturated rings. The quantitative estimate of drug-likeness (QED) is 0.874. The zero-order chi connectivity index (χ0) is 17.7. The van der Waals surface area contributed by atoms with Gasteiger partial charge < -0.3 is 5.32 Å². The van der Waals surface area contributed by atoms with Crippen molar-refractivity contribution >= 4 is 21.6 Å². The third kappa shape index (κ3) is 4.43. The Labute approximate surface area is 143 Å².